The zero-order valence-electron chi connectivity index (χ0n) is 17.2. The highest BCUT2D eigenvalue weighted by Crippen LogP contribution is 2.45. The Morgan fingerprint density at radius 1 is 0.818 bits per heavy atom. The van der Waals surface area contributed by atoms with Gasteiger partial charge in [0, 0.05) is 28.3 Å². The third kappa shape index (κ3) is 3.29. The molecule has 0 saturated heterocycles. The number of hydrogen-bond donors (Lipinski definition) is 0. The fraction of sp³-hybridized carbons (Fsp3) is 0.810. The Labute approximate surface area is 139 Å². The van der Waals surface area contributed by atoms with Crippen molar-refractivity contribution < 1.29 is 0 Å². The Bertz CT molecular complexity index is 528. The van der Waals surface area contributed by atoms with Gasteiger partial charge in [0.2, 0.25) is 0 Å². The fourth-order valence-electron chi connectivity index (χ4n) is 3.89. The van der Waals surface area contributed by atoms with Gasteiger partial charge in [0.25, 0.3) is 0 Å². The van der Waals surface area contributed by atoms with Crippen molar-refractivity contribution in [3.63, 3.8) is 0 Å². The average molecular weight is 306 g/mol. The van der Waals surface area contributed by atoms with Gasteiger partial charge in [0.05, 0.1) is 0 Å². The summed E-state index contributed by atoms with van der Waals surface area (Å²) < 4.78 is 2.64. The molecular formula is C21H39N. The van der Waals surface area contributed by atoms with Crippen LogP contribution in [-0.2, 0) is 16.2 Å². The lowest BCUT2D eigenvalue weighted by molar-refractivity contribution is 0.421. The van der Waals surface area contributed by atoms with Crippen molar-refractivity contribution in [3.05, 3.63) is 22.5 Å². The van der Waals surface area contributed by atoms with Crippen LogP contribution in [-0.4, -0.2) is 4.57 Å². The van der Waals surface area contributed by atoms with Crippen molar-refractivity contribution in [1.82, 2.24) is 4.57 Å². The summed E-state index contributed by atoms with van der Waals surface area (Å²) in [5, 5.41) is 0. The topological polar surface area (TPSA) is 4.93 Å². The van der Waals surface area contributed by atoms with E-state index in [4.69, 9.17) is 0 Å². The molecule has 128 valence electrons. The SMILES string of the molecule is CCC(C)(C)c1c(C)c(C(C)(C)C)n(C(C)C)c1C(C)(C)C. The molecule has 0 aliphatic rings. The normalized spacial score (nSPS) is 14.0. The molecule has 0 aliphatic heterocycles. The van der Waals surface area contributed by atoms with Gasteiger partial charge >= 0.3 is 0 Å². The molecular weight excluding hydrogens is 266 g/mol. The van der Waals surface area contributed by atoms with Crippen LogP contribution in [0, 0.1) is 6.92 Å². The maximum atomic E-state index is 2.64. The molecule has 1 aromatic rings. The van der Waals surface area contributed by atoms with Gasteiger partial charge in [0.15, 0.2) is 0 Å². The molecule has 0 N–H and O–H groups in total. The summed E-state index contributed by atoms with van der Waals surface area (Å²) in [5.41, 5.74) is 6.68. The molecule has 0 amide bonds. The van der Waals surface area contributed by atoms with E-state index < -0.39 is 0 Å². The van der Waals surface area contributed by atoms with Crippen LogP contribution < -0.4 is 0 Å². The molecule has 0 aliphatic carbocycles. The maximum Gasteiger partial charge on any atom is 0.0280 e. The zero-order chi connectivity index (χ0) is 17.7. The van der Waals surface area contributed by atoms with E-state index in [9.17, 15) is 0 Å². The van der Waals surface area contributed by atoms with Gasteiger partial charge in [-0.1, -0.05) is 62.3 Å². The van der Waals surface area contributed by atoms with E-state index in [1.807, 2.05) is 0 Å². The standard InChI is InChI=1S/C21H39N/c1-13-21(11,12)16-15(4)17(19(5,6)7)22(14(2)3)18(16)20(8,9)10/h14H,13H2,1-12H3. The minimum Gasteiger partial charge on any atom is -0.345 e. The average Bonchev–Trinajstić information content (AvgIpc) is 2.62. The Hall–Kier alpha value is -0.720. The van der Waals surface area contributed by atoms with Crippen LogP contribution in [0.15, 0.2) is 0 Å². The maximum absolute atomic E-state index is 2.64. The number of aromatic nitrogens is 1. The number of nitrogens with zero attached hydrogens (tertiary/aromatic N) is 1. The molecule has 0 unspecified atom stereocenters. The smallest absolute Gasteiger partial charge is 0.0280 e. The fourth-order valence-corrected chi connectivity index (χ4v) is 3.89. The Kier molecular flexibility index (Phi) is 5.03. The van der Waals surface area contributed by atoms with Gasteiger partial charge in [-0.25, -0.2) is 0 Å². The first-order chi connectivity index (χ1) is 9.66. The summed E-state index contributed by atoms with van der Waals surface area (Å²) in [4.78, 5) is 0. The zero-order valence-corrected chi connectivity index (χ0v) is 17.2. The molecule has 0 atom stereocenters. The van der Waals surface area contributed by atoms with Gasteiger partial charge in [-0.3, -0.25) is 0 Å². The van der Waals surface area contributed by atoms with Crippen molar-refractivity contribution in [2.75, 3.05) is 0 Å². The van der Waals surface area contributed by atoms with E-state index in [1.165, 1.54) is 23.4 Å². The van der Waals surface area contributed by atoms with Crippen molar-refractivity contribution in [2.24, 2.45) is 0 Å². The van der Waals surface area contributed by atoms with Crippen LogP contribution in [0.3, 0.4) is 0 Å². The second-order valence-electron chi connectivity index (χ2n) is 9.90. The molecule has 0 spiro atoms. The molecule has 0 saturated carbocycles. The van der Waals surface area contributed by atoms with Crippen LogP contribution in [0.25, 0.3) is 0 Å². The van der Waals surface area contributed by atoms with Gasteiger partial charge in [0.1, 0.15) is 0 Å². The number of hydrogen-bond acceptors (Lipinski definition) is 0. The summed E-state index contributed by atoms with van der Waals surface area (Å²) in [6, 6.07) is 0.489. The predicted molar refractivity (Wildman–Crippen MR) is 100 cm³/mol. The molecule has 0 fully saturated rings. The second kappa shape index (κ2) is 5.73. The van der Waals surface area contributed by atoms with Crippen LogP contribution in [0.1, 0.15) is 111 Å². The van der Waals surface area contributed by atoms with Crippen LogP contribution in [0.4, 0.5) is 0 Å². The minimum atomic E-state index is 0.153. The molecule has 1 heterocycles. The Morgan fingerprint density at radius 2 is 1.23 bits per heavy atom. The Morgan fingerprint density at radius 3 is 1.50 bits per heavy atom. The van der Waals surface area contributed by atoms with E-state index >= 15 is 0 Å². The van der Waals surface area contributed by atoms with Crippen LogP contribution >= 0.6 is 0 Å². The lowest BCUT2D eigenvalue weighted by atomic mass is 9.74. The van der Waals surface area contributed by atoms with E-state index in [1.54, 1.807) is 5.56 Å². The molecule has 1 nitrogen and oxygen atoms in total. The first-order valence-electron chi connectivity index (χ1n) is 8.92. The van der Waals surface area contributed by atoms with Crippen molar-refractivity contribution in [2.45, 2.75) is 112 Å². The quantitative estimate of drug-likeness (QED) is 0.588. The van der Waals surface area contributed by atoms with E-state index in [2.05, 4.69) is 87.7 Å². The van der Waals surface area contributed by atoms with Gasteiger partial charge in [-0.05, 0) is 43.7 Å². The van der Waals surface area contributed by atoms with Gasteiger partial charge in [-0.2, -0.15) is 0 Å². The first kappa shape index (κ1) is 19.3. The van der Waals surface area contributed by atoms with E-state index in [0.717, 1.165) is 0 Å². The summed E-state index contributed by atoms with van der Waals surface area (Å²) in [5.74, 6) is 0. The molecule has 22 heavy (non-hydrogen) atoms. The van der Waals surface area contributed by atoms with Crippen molar-refractivity contribution >= 4 is 0 Å². The molecule has 1 heteroatoms. The molecule has 0 radical (unpaired) electrons. The Balaban J connectivity index is 4.02. The number of rotatable bonds is 3. The summed E-state index contributed by atoms with van der Waals surface area (Å²) in [7, 11) is 0. The molecule has 1 aromatic heterocycles. The molecule has 1 rings (SSSR count). The molecule has 0 bridgehead atoms. The van der Waals surface area contributed by atoms with E-state index in [0.29, 0.717) is 6.04 Å². The first-order valence-corrected chi connectivity index (χ1v) is 8.92. The van der Waals surface area contributed by atoms with Gasteiger partial charge < -0.3 is 4.57 Å². The van der Waals surface area contributed by atoms with Crippen LogP contribution in [0.5, 0.6) is 0 Å². The largest absolute Gasteiger partial charge is 0.345 e. The van der Waals surface area contributed by atoms with Crippen LogP contribution in [0.2, 0.25) is 0 Å². The summed E-state index contributed by atoms with van der Waals surface area (Å²) in [6.45, 7) is 28.3. The van der Waals surface area contributed by atoms with E-state index in [-0.39, 0.29) is 16.2 Å². The minimum absolute atomic E-state index is 0.153. The van der Waals surface area contributed by atoms with Crippen molar-refractivity contribution in [1.29, 1.82) is 0 Å². The molecule has 0 aromatic carbocycles. The van der Waals surface area contributed by atoms with Crippen molar-refractivity contribution in [3.8, 4) is 0 Å². The lowest BCUT2D eigenvalue weighted by Crippen LogP contribution is -2.28. The third-order valence-corrected chi connectivity index (χ3v) is 4.95. The highest BCUT2D eigenvalue weighted by Gasteiger charge is 2.38. The predicted octanol–water partition coefficient (Wildman–Crippen LogP) is 6.66. The highest BCUT2D eigenvalue weighted by atomic mass is 15.0. The monoisotopic (exact) mass is 305 g/mol. The lowest BCUT2D eigenvalue weighted by Gasteiger charge is -2.33. The summed E-state index contributed by atoms with van der Waals surface area (Å²) in [6.07, 6.45) is 1.17. The summed E-state index contributed by atoms with van der Waals surface area (Å²) >= 11 is 0. The highest BCUT2D eigenvalue weighted by molar-refractivity contribution is 5.48. The van der Waals surface area contributed by atoms with Gasteiger partial charge in [-0.15, -0.1) is 0 Å². The third-order valence-electron chi connectivity index (χ3n) is 4.95. The second-order valence-corrected chi connectivity index (χ2v) is 9.90.